The molecule has 2 aromatic rings. The van der Waals surface area contributed by atoms with Gasteiger partial charge in [0.1, 0.15) is 0 Å². The molecule has 0 aromatic carbocycles. The lowest BCUT2D eigenvalue weighted by Crippen LogP contribution is -2.02. The van der Waals surface area contributed by atoms with Gasteiger partial charge in [-0.15, -0.1) is 11.3 Å². The quantitative estimate of drug-likeness (QED) is 0.875. The minimum absolute atomic E-state index is 0.0633. The Kier molecular flexibility index (Phi) is 3.71. The monoisotopic (exact) mass is 271 g/mol. The maximum absolute atomic E-state index is 10.6. The van der Waals surface area contributed by atoms with Crippen molar-refractivity contribution in [3.63, 3.8) is 0 Å². The van der Waals surface area contributed by atoms with Crippen LogP contribution in [-0.4, -0.2) is 17.6 Å². The van der Waals surface area contributed by atoms with E-state index in [-0.39, 0.29) is 5.76 Å². The SMILES string of the molecule is O=C(O)c1ccc(NCCc2ccc(Cl)s2)o1. The van der Waals surface area contributed by atoms with E-state index in [9.17, 15) is 4.79 Å². The highest BCUT2D eigenvalue weighted by Gasteiger charge is 2.08. The maximum Gasteiger partial charge on any atom is 0.371 e. The normalized spacial score (nSPS) is 10.4. The van der Waals surface area contributed by atoms with E-state index in [4.69, 9.17) is 21.1 Å². The van der Waals surface area contributed by atoms with Crippen molar-refractivity contribution in [3.05, 3.63) is 39.2 Å². The molecule has 17 heavy (non-hydrogen) atoms. The van der Waals surface area contributed by atoms with Crippen molar-refractivity contribution in [2.45, 2.75) is 6.42 Å². The van der Waals surface area contributed by atoms with Crippen molar-refractivity contribution in [1.82, 2.24) is 0 Å². The van der Waals surface area contributed by atoms with Crippen LogP contribution in [-0.2, 0) is 6.42 Å². The molecule has 2 heterocycles. The molecule has 0 aliphatic carbocycles. The zero-order valence-electron chi connectivity index (χ0n) is 8.77. The summed E-state index contributed by atoms with van der Waals surface area (Å²) in [5.41, 5.74) is 0. The molecule has 0 saturated heterocycles. The summed E-state index contributed by atoms with van der Waals surface area (Å²) in [6, 6.07) is 6.86. The molecule has 0 bridgehead atoms. The second-order valence-electron chi connectivity index (χ2n) is 3.35. The predicted molar refractivity (Wildman–Crippen MR) is 67.2 cm³/mol. The number of carboxylic acids is 1. The topological polar surface area (TPSA) is 62.5 Å². The van der Waals surface area contributed by atoms with E-state index in [0.29, 0.717) is 12.4 Å². The molecule has 0 aliphatic rings. The number of carboxylic acid groups (broad SMARTS) is 1. The molecular weight excluding hydrogens is 262 g/mol. The molecule has 2 aromatic heterocycles. The number of carbonyl (C=O) groups is 1. The minimum Gasteiger partial charge on any atom is -0.475 e. The van der Waals surface area contributed by atoms with Gasteiger partial charge in [-0.25, -0.2) is 4.79 Å². The molecule has 0 atom stereocenters. The van der Waals surface area contributed by atoms with Crippen LogP contribution in [0.5, 0.6) is 0 Å². The molecule has 90 valence electrons. The second kappa shape index (κ2) is 5.25. The number of furan rings is 1. The zero-order chi connectivity index (χ0) is 12.3. The van der Waals surface area contributed by atoms with Crippen LogP contribution in [0.2, 0.25) is 4.34 Å². The van der Waals surface area contributed by atoms with Crippen LogP contribution < -0.4 is 5.32 Å². The molecule has 0 radical (unpaired) electrons. The van der Waals surface area contributed by atoms with Gasteiger partial charge >= 0.3 is 5.97 Å². The summed E-state index contributed by atoms with van der Waals surface area (Å²) in [6.45, 7) is 0.670. The van der Waals surface area contributed by atoms with Gasteiger partial charge in [0, 0.05) is 17.5 Å². The van der Waals surface area contributed by atoms with Crippen molar-refractivity contribution < 1.29 is 14.3 Å². The Morgan fingerprint density at radius 2 is 2.24 bits per heavy atom. The molecule has 2 rings (SSSR count). The predicted octanol–water partition coefficient (Wildman–Crippen LogP) is 3.35. The Morgan fingerprint density at radius 3 is 2.82 bits per heavy atom. The Bertz CT molecular complexity index is 520. The van der Waals surface area contributed by atoms with Crippen LogP contribution in [0.1, 0.15) is 15.4 Å². The fourth-order valence-corrected chi connectivity index (χ4v) is 2.43. The molecule has 2 N–H and O–H groups in total. The molecule has 0 amide bonds. The van der Waals surface area contributed by atoms with E-state index in [1.807, 2.05) is 12.1 Å². The lowest BCUT2D eigenvalue weighted by atomic mass is 10.3. The number of thiophene rings is 1. The summed E-state index contributed by atoms with van der Waals surface area (Å²) in [6.07, 6.45) is 0.820. The molecule has 0 fully saturated rings. The largest absolute Gasteiger partial charge is 0.475 e. The van der Waals surface area contributed by atoms with Crippen LogP contribution in [0.15, 0.2) is 28.7 Å². The van der Waals surface area contributed by atoms with Crippen molar-refractivity contribution >= 4 is 34.8 Å². The maximum atomic E-state index is 10.6. The molecule has 6 heteroatoms. The summed E-state index contributed by atoms with van der Waals surface area (Å²) in [5, 5.41) is 11.7. The van der Waals surface area contributed by atoms with Crippen LogP contribution in [0.3, 0.4) is 0 Å². The van der Waals surface area contributed by atoms with Gasteiger partial charge in [0.2, 0.25) is 5.76 Å². The smallest absolute Gasteiger partial charge is 0.371 e. The van der Waals surface area contributed by atoms with Gasteiger partial charge in [-0.05, 0) is 24.6 Å². The van der Waals surface area contributed by atoms with E-state index >= 15 is 0 Å². The van der Waals surface area contributed by atoms with Gasteiger partial charge in [0.25, 0.3) is 0 Å². The molecule has 4 nitrogen and oxygen atoms in total. The standard InChI is InChI=1S/C11H10ClNO3S/c12-9-3-1-7(17-9)5-6-13-10-4-2-8(16-10)11(14)15/h1-4,13H,5-6H2,(H,14,15). The van der Waals surface area contributed by atoms with Crippen LogP contribution in [0.4, 0.5) is 5.88 Å². The lowest BCUT2D eigenvalue weighted by molar-refractivity contribution is 0.0663. The fourth-order valence-electron chi connectivity index (χ4n) is 1.34. The molecule has 0 spiro atoms. The van der Waals surface area contributed by atoms with E-state index in [1.54, 1.807) is 6.07 Å². The summed E-state index contributed by atoms with van der Waals surface area (Å²) < 4.78 is 5.82. The summed E-state index contributed by atoms with van der Waals surface area (Å²) >= 11 is 7.34. The zero-order valence-corrected chi connectivity index (χ0v) is 10.3. The highest BCUT2D eigenvalue weighted by molar-refractivity contribution is 7.16. The first-order chi connectivity index (χ1) is 8.15. The summed E-state index contributed by atoms with van der Waals surface area (Å²) in [7, 11) is 0. The number of anilines is 1. The highest BCUT2D eigenvalue weighted by atomic mass is 35.5. The van der Waals surface area contributed by atoms with Gasteiger partial charge in [0.15, 0.2) is 5.88 Å². The average Bonchev–Trinajstić information content (AvgIpc) is 2.88. The molecular formula is C11H10ClNO3S. The van der Waals surface area contributed by atoms with Crippen LogP contribution in [0.25, 0.3) is 0 Å². The number of halogens is 1. The molecule has 0 unspecified atom stereocenters. The minimum atomic E-state index is -1.07. The first kappa shape index (κ1) is 12.0. The number of rotatable bonds is 5. The number of nitrogens with one attached hydrogen (secondary N) is 1. The lowest BCUT2D eigenvalue weighted by Gasteiger charge is -2.00. The molecule has 0 aliphatic heterocycles. The van der Waals surface area contributed by atoms with Gasteiger partial charge in [-0.1, -0.05) is 11.6 Å². The van der Waals surface area contributed by atoms with Gasteiger partial charge in [-0.2, -0.15) is 0 Å². The van der Waals surface area contributed by atoms with E-state index < -0.39 is 5.97 Å². The van der Waals surface area contributed by atoms with Gasteiger partial charge in [0.05, 0.1) is 4.34 Å². The Morgan fingerprint density at radius 1 is 1.41 bits per heavy atom. The van der Waals surface area contributed by atoms with Crippen molar-refractivity contribution in [1.29, 1.82) is 0 Å². The van der Waals surface area contributed by atoms with Crippen molar-refractivity contribution in [3.8, 4) is 0 Å². The van der Waals surface area contributed by atoms with E-state index in [0.717, 1.165) is 10.8 Å². The van der Waals surface area contributed by atoms with Gasteiger partial charge in [-0.3, -0.25) is 0 Å². The van der Waals surface area contributed by atoms with E-state index in [2.05, 4.69) is 5.32 Å². The summed E-state index contributed by atoms with van der Waals surface area (Å²) in [4.78, 5) is 11.8. The first-order valence-electron chi connectivity index (χ1n) is 4.96. The third kappa shape index (κ3) is 3.25. The Balaban J connectivity index is 1.83. The van der Waals surface area contributed by atoms with Crippen molar-refractivity contribution in [2.24, 2.45) is 0 Å². The second-order valence-corrected chi connectivity index (χ2v) is 5.15. The van der Waals surface area contributed by atoms with Crippen molar-refractivity contribution in [2.75, 3.05) is 11.9 Å². The Hall–Kier alpha value is -1.46. The molecule has 0 saturated carbocycles. The number of hydrogen-bond acceptors (Lipinski definition) is 4. The number of hydrogen-bond donors (Lipinski definition) is 2. The number of aromatic carboxylic acids is 1. The van der Waals surface area contributed by atoms with Crippen LogP contribution in [0, 0.1) is 0 Å². The third-order valence-corrected chi connectivity index (χ3v) is 3.41. The van der Waals surface area contributed by atoms with Gasteiger partial charge < -0.3 is 14.8 Å². The average molecular weight is 272 g/mol. The Labute approximate surface area is 107 Å². The fraction of sp³-hybridized carbons (Fsp3) is 0.182. The van der Waals surface area contributed by atoms with Crippen LogP contribution >= 0.6 is 22.9 Å². The summed E-state index contributed by atoms with van der Waals surface area (Å²) in [5.74, 6) is -0.667. The third-order valence-electron chi connectivity index (χ3n) is 2.12. The van der Waals surface area contributed by atoms with E-state index in [1.165, 1.54) is 22.3 Å². The first-order valence-corrected chi connectivity index (χ1v) is 6.16. The highest BCUT2D eigenvalue weighted by Crippen LogP contribution is 2.22.